The second-order valence-corrected chi connectivity index (χ2v) is 4.75. The van der Waals surface area contributed by atoms with E-state index < -0.39 is 6.10 Å². The quantitative estimate of drug-likeness (QED) is 0.804. The van der Waals surface area contributed by atoms with E-state index >= 15 is 0 Å². The van der Waals surface area contributed by atoms with Crippen molar-refractivity contribution in [3.05, 3.63) is 41.7 Å². The summed E-state index contributed by atoms with van der Waals surface area (Å²) in [6, 6.07) is 6.69. The molecule has 3 nitrogen and oxygen atoms in total. The number of rotatable bonds is 4. The first-order valence-electron chi connectivity index (χ1n) is 6.10. The van der Waals surface area contributed by atoms with Gasteiger partial charge in [0, 0.05) is 5.39 Å². The first kappa shape index (κ1) is 12.7. The maximum absolute atomic E-state index is 10.0. The Morgan fingerprint density at radius 2 is 2.11 bits per heavy atom. The molecule has 2 aromatic rings. The van der Waals surface area contributed by atoms with Crippen molar-refractivity contribution in [3.63, 3.8) is 0 Å². The summed E-state index contributed by atoms with van der Waals surface area (Å²) in [6.07, 6.45) is 2.95. The lowest BCUT2D eigenvalue weighted by Gasteiger charge is -2.05. The van der Waals surface area contributed by atoms with Crippen molar-refractivity contribution in [2.45, 2.75) is 32.8 Å². The predicted molar refractivity (Wildman–Crippen MR) is 71.5 cm³/mol. The Hall–Kier alpha value is -1.74. The first-order chi connectivity index (χ1) is 8.56. The van der Waals surface area contributed by atoms with Gasteiger partial charge in [-0.05, 0) is 51.0 Å². The zero-order chi connectivity index (χ0) is 13.1. The molecule has 3 heteroatoms. The van der Waals surface area contributed by atoms with Gasteiger partial charge in [-0.3, -0.25) is 0 Å². The average molecular weight is 246 g/mol. The van der Waals surface area contributed by atoms with Crippen LogP contribution >= 0.6 is 0 Å². The Morgan fingerprint density at radius 1 is 1.33 bits per heavy atom. The number of furan rings is 1. The van der Waals surface area contributed by atoms with Crippen molar-refractivity contribution in [2.24, 2.45) is 0 Å². The molecule has 0 amide bonds. The van der Waals surface area contributed by atoms with Crippen molar-refractivity contribution in [1.82, 2.24) is 0 Å². The molecule has 0 fully saturated rings. The summed E-state index contributed by atoms with van der Waals surface area (Å²) in [5.74, 6) is 0.756. The van der Waals surface area contributed by atoms with Crippen molar-refractivity contribution < 1.29 is 14.6 Å². The maximum Gasteiger partial charge on any atom is 0.134 e. The number of allylic oxidation sites excluding steroid dienone is 2. The molecule has 2 N–H and O–H groups in total. The summed E-state index contributed by atoms with van der Waals surface area (Å²) in [6.45, 7) is 4.08. The van der Waals surface area contributed by atoms with Crippen LogP contribution in [0.5, 0.6) is 5.75 Å². The van der Waals surface area contributed by atoms with E-state index in [1.165, 1.54) is 5.57 Å². The molecule has 0 aliphatic heterocycles. The lowest BCUT2D eigenvalue weighted by Crippen LogP contribution is -1.94. The van der Waals surface area contributed by atoms with Gasteiger partial charge in [-0.15, -0.1) is 0 Å². The Labute approximate surface area is 106 Å². The minimum absolute atomic E-state index is 0.203. The average Bonchev–Trinajstić information content (AvgIpc) is 2.71. The molecular formula is C15H18O3. The topological polar surface area (TPSA) is 53.6 Å². The van der Waals surface area contributed by atoms with E-state index in [2.05, 4.69) is 6.08 Å². The summed E-state index contributed by atoms with van der Waals surface area (Å²) in [4.78, 5) is 0. The number of benzene rings is 1. The highest BCUT2D eigenvalue weighted by atomic mass is 16.4. The fourth-order valence-electron chi connectivity index (χ4n) is 1.89. The van der Waals surface area contributed by atoms with E-state index in [1.807, 2.05) is 13.8 Å². The molecule has 1 aromatic carbocycles. The van der Waals surface area contributed by atoms with Crippen molar-refractivity contribution in [2.75, 3.05) is 0 Å². The third-order valence-electron chi connectivity index (χ3n) is 2.84. The van der Waals surface area contributed by atoms with Gasteiger partial charge in [-0.25, -0.2) is 0 Å². The van der Waals surface area contributed by atoms with E-state index in [1.54, 1.807) is 24.3 Å². The smallest absolute Gasteiger partial charge is 0.134 e. The van der Waals surface area contributed by atoms with Crippen LogP contribution in [0.4, 0.5) is 0 Å². The van der Waals surface area contributed by atoms with E-state index in [-0.39, 0.29) is 5.75 Å². The highest BCUT2D eigenvalue weighted by Crippen LogP contribution is 2.28. The largest absolute Gasteiger partial charge is 0.508 e. The number of hydrogen-bond acceptors (Lipinski definition) is 3. The summed E-state index contributed by atoms with van der Waals surface area (Å²) < 4.78 is 5.56. The molecule has 18 heavy (non-hydrogen) atoms. The van der Waals surface area contributed by atoms with Gasteiger partial charge in [-0.2, -0.15) is 0 Å². The molecular weight excluding hydrogens is 228 g/mol. The minimum atomic E-state index is -0.602. The third-order valence-corrected chi connectivity index (χ3v) is 2.84. The highest BCUT2D eigenvalue weighted by Gasteiger charge is 2.12. The second-order valence-electron chi connectivity index (χ2n) is 4.75. The SMILES string of the molecule is CC(C)=CCC[C@H](O)c1cc2cc(O)ccc2o1. The van der Waals surface area contributed by atoms with Crippen LogP contribution in [0.25, 0.3) is 11.0 Å². The number of aromatic hydroxyl groups is 1. The summed E-state index contributed by atoms with van der Waals surface area (Å²) in [7, 11) is 0. The van der Waals surface area contributed by atoms with Crippen LogP contribution in [0, 0.1) is 0 Å². The molecule has 96 valence electrons. The van der Waals surface area contributed by atoms with E-state index in [0.717, 1.165) is 11.8 Å². The molecule has 0 radical (unpaired) electrons. The van der Waals surface area contributed by atoms with Crippen LogP contribution in [0.1, 0.15) is 38.6 Å². The molecule has 0 aliphatic carbocycles. The lowest BCUT2D eigenvalue weighted by atomic mass is 10.1. The predicted octanol–water partition coefficient (Wildman–Crippen LogP) is 3.92. The Morgan fingerprint density at radius 3 is 2.83 bits per heavy atom. The molecule has 0 saturated carbocycles. The summed E-state index contributed by atoms with van der Waals surface area (Å²) in [5.41, 5.74) is 1.93. The monoisotopic (exact) mass is 246 g/mol. The van der Waals surface area contributed by atoms with Crippen LogP contribution < -0.4 is 0 Å². The maximum atomic E-state index is 10.0. The van der Waals surface area contributed by atoms with Crippen LogP contribution in [0.3, 0.4) is 0 Å². The second kappa shape index (κ2) is 5.27. The normalized spacial score (nSPS) is 12.6. The lowest BCUT2D eigenvalue weighted by molar-refractivity contribution is 0.143. The molecule has 0 saturated heterocycles. The third kappa shape index (κ3) is 2.93. The fourth-order valence-corrected chi connectivity index (χ4v) is 1.89. The van der Waals surface area contributed by atoms with E-state index in [4.69, 9.17) is 4.42 Å². The van der Waals surface area contributed by atoms with Gasteiger partial charge in [0.2, 0.25) is 0 Å². The van der Waals surface area contributed by atoms with Gasteiger partial charge in [-0.1, -0.05) is 11.6 Å². The van der Waals surface area contributed by atoms with Crippen molar-refractivity contribution >= 4 is 11.0 Å². The van der Waals surface area contributed by atoms with Gasteiger partial charge in [0.05, 0.1) is 0 Å². The fraction of sp³-hybridized carbons (Fsp3) is 0.333. The highest BCUT2D eigenvalue weighted by molar-refractivity contribution is 5.79. The standard InChI is InChI=1S/C15H18O3/c1-10(2)4-3-5-13(17)15-9-11-8-12(16)6-7-14(11)18-15/h4,6-9,13,16-17H,3,5H2,1-2H3/t13-/m0/s1. The molecule has 0 spiro atoms. The number of aliphatic hydroxyl groups is 1. The van der Waals surface area contributed by atoms with Crippen molar-refractivity contribution in [3.8, 4) is 5.75 Å². The van der Waals surface area contributed by atoms with Gasteiger partial charge >= 0.3 is 0 Å². The van der Waals surface area contributed by atoms with Gasteiger partial charge in [0.15, 0.2) is 0 Å². The number of fused-ring (bicyclic) bond motifs is 1. The van der Waals surface area contributed by atoms with Crippen LogP contribution in [0.2, 0.25) is 0 Å². The zero-order valence-electron chi connectivity index (χ0n) is 10.7. The van der Waals surface area contributed by atoms with E-state index in [0.29, 0.717) is 17.8 Å². The Bertz CT molecular complexity index is 562. The van der Waals surface area contributed by atoms with Gasteiger partial charge in [0.1, 0.15) is 23.2 Å². The number of aliphatic hydroxyl groups excluding tert-OH is 1. The number of hydrogen-bond donors (Lipinski definition) is 2. The zero-order valence-corrected chi connectivity index (χ0v) is 10.7. The molecule has 0 aliphatic rings. The van der Waals surface area contributed by atoms with Crippen LogP contribution in [-0.4, -0.2) is 10.2 Å². The summed E-state index contributed by atoms with van der Waals surface area (Å²) >= 11 is 0. The number of phenolic OH excluding ortho intramolecular Hbond substituents is 1. The van der Waals surface area contributed by atoms with Crippen LogP contribution in [0.15, 0.2) is 40.3 Å². The van der Waals surface area contributed by atoms with E-state index in [9.17, 15) is 10.2 Å². The minimum Gasteiger partial charge on any atom is -0.508 e. The molecule has 2 rings (SSSR count). The van der Waals surface area contributed by atoms with Gasteiger partial charge < -0.3 is 14.6 Å². The Kier molecular flexibility index (Phi) is 3.72. The first-order valence-corrected chi connectivity index (χ1v) is 6.10. The molecule has 0 bridgehead atoms. The summed E-state index contributed by atoms with van der Waals surface area (Å²) in [5, 5.41) is 20.2. The van der Waals surface area contributed by atoms with Crippen LogP contribution in [-0.2, 0) is 0 Å². The van der Waals surface area contributed by atoms with Gasteiger partial charge in [0.25, 0.3) is 0 Å². The Balaban J connectivity index is 2.13. The van der Waals surface area contributed by atoms with Crippen molar-refractivity contribution in [1.29, 1.82) is 0 Å². The molecule has 0 unspecified atom stereocenters. The number of phenols is 1. The molecule has 1 aromatic heterocycles. The molecule has 1 atom stereocenters. The molecule has 1 heterocycles.